The van der Waals surface area contributed by atoms with Crippen LogP contribution >= 0.6 is 24.0 Å². The van der Waals surface area contributed by atoms with Crippen molar-refractivity contribution in [2.75, 3.05) is 49.5 Å². The zero-order valence-electron chi connectivity index (χ0n) is 16.9. The molecule has 1 saturated heterocycles. The largest absolute Gasteiger partial charge is 0.357 e. The predicted molar refractivity (Wildman–Crippen MR) is 130 cm³/mol. The molecule has 0 radical (unpaired) electrons. The molecule has 0 bridgehead atoms. The van der Waals surface area contributed by atoms with Crippen LogP contribution in [0, 0.1) is 12.3 Å². The maximum atomic E-state index is 12.3. The molecular weight excluding hydrogens is 493 g/mol. The van der Waals surface area contributed by atoms with Crippen molar-refractivity contribution in [1.82, 2.24) is 20.2 Å². The first kappa shape index (κ1) is 23.4. The Morgan fingerprint density at radius 3 is 2.60 bits per heavy atom. The Kier molecular flexibility index (Phi) is 9.34. The van der Waals surface area contributed by atoms with Gasteiger partial charge in [0.15, 0.2) is 5.96 Å². The van der Waals surface area contributed by atoms with Crippen LogP contribution in [-0.4, -0.2) is 66.0 Å². The molecule has 1 aromatic carbocycles. The summed E-state index contributed by atoms with van der Waals surface area (Å²) in [6, 6.07) is 9.00. The number of guanidine groups is 1. The number of terminal acetylenes is 1. The molecule has 0 saturated carbocycles. The molecule has 0 aliphatic carbocycles. The van der Waals surface area contributed by atoms with Crippen LogP contribution in [0.4, 0.5) is 11.6 Å². The lowest BCUT2D eigenvalue weighted by atomic mass is 10.2. The van der Waals surface area contributed by atoms with Crippen molar-refractivity contribution in [1.29, 1.82) is 0 Å². The van der Waals surface area contributed by atoms with E-state index in [-0.39, 0.29) is 36.4 Å². The van der Waals surface area contributed by atoms with Crippen molar-refractivity contribution >= 4 is 47.5 Å². The number of carbonyl (C=O) groups is 1. The van der Waals surface area contributed by atoms with Crippen LogP contribution in [0.5, 0.6) is 0 Å². The first-order chi connectivity index (χ1) is 14.2. The zero-order chi connectivity index (χ0) is 20.5. The summed E-state index contributed by atoms with van der Waals surface area (Å²) in [5, 5.41) is 6.10. The summed E-state index contributed by atoms with van der Waals surface area (Å²) in [5.74, 6) is 3.84. The fourth-order valence-corrected chi connectivity index (χ4v) is 3.03. The Labute approximate surface area is 194 Å². The van der Waals surface area contributed by atoms with E-state index >= 15 is 0 Å². The van der Waals surface area contributed by atoms with E-state index in [1.54, 1.807) is 24.5 Å². The molecule has 2 aromatic rings. The van der Waals surface area contributed by atoms with Gasteiger partial charge in [-0.2, -0.15) is 0 Å². The lowest BCUT2D eigenvalue weighted by Crippen LogP contribution is -2.53. The van der Waals surface area contributed by atoms with Crippen LogP contribution in [-0.2, 0) is 4.79 Å². The standard InChI is InChI=1S/C21H25N7O.HI/c1-3-17-7-5-8-18(15-17)26-19(29)16-25-20(22-4-2)27-11-13-28(14-12-27)21-23-9-6-10-24-21;/h1,5-10,15H,4,11-14,16H2,2H3,(H,22,25)(H,26,29);1H. The number of rotatable bonds is 5. The van der Waals surface area contributed by atoms with Gasteiger partial charge in [-0.15, -0.1) is 30.4 Å². The van der Waals surface area contributed by atoms with E-state index < -0.39 is 0 Å². The second-order valence-corrected chi connectivity index (χ2v) is 6.47. The molecule has 0 unspecified atom stereocenters. The number of nitrogens with one attached hydrogen (secondary N) is 2. The summed E-state index contributed by atoms with van der Waals surface area (Å²) in [6.07, 6.45) is 8.90. The molecule has 0 atom stereocenters. The summed E-state index contributed by atoms with van der Waals surface area (Å²) < 4.78 is 0. The highest BCUT2D eigenvalue weighted by molar-refractivity contribution is 14.0. The minimum absolute atomic E-state index is 0. The Balaban J connectivity index is 0.00000320. The monoisotopic (exact) mass is 519 g/mol. The lowest BCUT2D eigenvalue weighted by Gasteiger charge is -2.36. The molecule has 30 heavy (non-hydrogen) atoms. The smallest absolute Gasteiger partial charge is 0.246 e. The number of aliphatic imine (C=N–C) groups is 1. The molecule has 2 heterocycles. The van der Waals surface area contributed by atoms with E-state index in [9.17, 15) is 4.79 Å². The SMILES string of the molecule is C#Cc1cccc(NC(=O)CN=C(NCC)N2CCN(c3ncccn3)CC2)c1.I. The molecule has 1 aliphatic rings. The van der Waals surface area contributed by atoms with Crippen LogP contribution in [0.2, 0.25) is 0 Å². The second-order valence-electron chi connectivity index (χ2n) is 6.47. The number of hydrogen-bond donors (Lipinski definition) is 2. The number of amides is 1. The van der Waals surface area contributed by atoms with Gasteiger partial charge in [-0.25, -0.2) is 15.0 Å². The van der Waals surface area contributed by atoms with E-state index in [1.165, 1.54) is 0 Å². The fourth-order valence-electron chi connectivity index (χ4n) is 3.03. The van der Waals surface area contributed by atoms with Gasteiger partial charge in [0.2, 0.25) is 11.9 Å². The molecule has 9 heteroatoms. The Morgan fingerprint density at radius 2 is 1.93 bits per heavy atom. The highest BCUT2D eigenvalue weighted by Crippen LogP contribution is 2.11. The molecule has 3 rings (SSSR count). The minimum Gasteiger partial charge on any atom is -0.357 e. The van der Waals surface area contributed by atoms with E-state index in [4.69, 9.17) is 6.42 Å². The second kappa shape index (κ2) is 12.0. The molecule has 1 amide bonds. The lowest BCUT2D eigenvalue weighted by molar-refractivity contribution is -0.114. The Hall–Kier alpha value is -2.87. The van der Waals surface area contributed by atoms with Gasteiger partial charge in [0.05, 0.1) is 0 Å². The fraction of sp³-hybridized carbons (Fsp3) is 0.333. The van der Waals surface area contributed by atoms with Crippen LogP contribution in [0.3, 0.4) is 0 Å². The van der Waals surface area contributed by atoms with Gasteiger partial charge >= 0.3 is 0 Å². The van der Waals surface area contributed by atoms with Crippen molar-refractivity contribution in [3.8, 4) is 12.3 Å². The van der Waals surface area contributed by atoms with E-state index in [0.29, 0.717) is 5.69 Å². The summed E-state index contributed by atoms with van der Waals surface area (Å²) in [6.45, 7) is 5.90. The number of anilines is 2. The third kappa shape index (κ3) is 6.59. The number of benzene rings is 1. The topological polar surface area (TPSA) is 85.8 Å². The quantitative estimate of drug-likeness (QED) is 0.271. The van der Waals surface area contributed by atoms with Crippen LogP contribution in [0.1, 0.15) is 12.5 Å². The Bertz CT molecular complexity index is 890. The van der Waals surface area contributed by atoms with Gasteiger partial charge in [-0.05, 0) is 31.2 Å². The van der Waals surface area contributed by atoms with Crippen molar-refractivity contribution in [2.24, 2.45) is 4.99 Å². The number of piperazine rings is 1. The molecular formula is C21H26IN7O. The Morgan fingerprint density at radius 1 is 1.20 bits per heavy atom. The summed E-state index contributed by atoms with van der Waals surface area (Å²) in [5.41, 5.74) is 1.39. The van der Waals surface area contributed by atoms with Gasteiger partial charge < -0.3 is 20.4 Å². The van der Waals surface area contributed by atoms with Crippen molar-refractivity contribution in [2.45, 2.75) is 6.92 Å². The van der Waals surface area contributed by atoms with Gasteiger partial charge in [-0.1, -0.05) is 12.0 Å². The van der Waals surface area contributed by atoms with Crippen LogP contribution in [0.15, 0.2) is 47.7 Å². The summed E-state index contributed by atoms with van der Waals surface area (Å²) >= 11 is 0. The van der Waals surface area contributed by atoms with Crippen LogP contribution in [0.25, 0.3) is 0 Å². The number of halogens is 1. The number of carbonyl (C=O) groups excluding carboxylic acids is 1. The molecule has 1 aromatic heterocycles. The third-order valence-electron chi connectivity index (χ3n) is 4.43. The maximum absolute atomic E-state index is 12.3. The zero-order valence-corrected chi connectivity index (χ0v) is 19.2. The molecule has 8 nitrogen and oxygen atoms in total. The van der Waals surface area contributed by atoms with Crippen molar-refractivity contribution in [3.05, 3.63) is 48.3 Å². The predicted octanol–water partition coefficient (Wildman–Crippen LogP) is 1.80. The van der Waals surface area contributed by atoms with Gasteiger partial charge in [-0.3, -0.25) is 4.79 Å². The first-order valence-corrected chi connectivity index (χ1v) is 9.61. The van der Waals surface area contributed by atoms with Gasteiger partial charge in [0.1, 0.15) is 6.54 Å². The average molecular weight is 519 g/mol. The van der Waals surface area contributed by atoms with Crippen molar-refractivity contribution < 1.29 is 4.79 Å². The van der Waals surface area contributed by atoms with Gasteiger partial charge in [0, 0.05) is 56.4 Å². The molecule has 158 valence electrons. The molecule has 1 fully saturated rings. The molecule has 1 aliphatic heterocycles. The number of nitrogens with zero attached hydrogens (tertiary/aromatic N) is 5. The summed E-state index contributed by atoms with van der Waals surface area (Å²) in [7, 11) is 0. The minimum atomic E-state index is -0.189. The maximum Gasteiger partial charge on any atom is 0.246 e. The highest BCUT2D eigenvalue weighted by atomic mass is 127. The van der Waals surface area contributed by atoms with E-state index in [0.717, 1.165) is 50.2 Å². The van der Waals surface area contributed by atoms with E-state index in [2.05, 4.69) is 41.3 Å². The summed E-state index contributed by atoms with van der Waals surface area (Å²) in [4.78, 5) is 29.7. The van der Waals surface area contributed by atoms with Gasteiger partial charge in [0.25, 0.3) is 0 Å². The first-order valence-electron chi connectivity index (χ1n) is 9.61. The highest BCUT2D eigenvalue weighted by Gasteiger charge is 2.21. The van der Waals surface area contributed by atoms with Crippen LogP contribution < -0.4 is 15.5 Å². The number of aromatic nitrogens is 2. The van der Waals surface area contributed by atoms with E-state index in [1.807, 2.05) is 25.1 Å². The molecule has 2 N–H and O–H groups in total. The van der Waals surface area contributed by atoms with Crippen molar-refractivity contribution in [3.63, 3.8) is 0 Å². The average Bonchev–Trinajstić information content (AvgIpc) is 2.77. The number of hydrogen-bond acceptors (Lipinski definition) is 5. The molecule has 0 spiro atoms. The third-order valence-corrected chi connectivity index (χ3v) is 4.43. The normalized spacial score (nSPS) is 13.8.